The lowest BCUT2D eigenvalue weighted by molar-refractivity contribution is -0.136. The van der Waals surface area contributed by atoms with Crippen molar-refractivity contribution in [2.75, 3.05) is 33.6 Å². The molecule has 16 heteroatoms. The lowest BCUT2D eigenvalue weighted by Crippen LogP contribution is -2.51. The van der Waals surface area contributed by atoms with Crippen LogP contribution in [0.2, 0.25) is 0 Å². The highest BCUT2D eigenvalue weighted by Crippen LogP contribution is 2.38. The number of nitrogens with zero attached hydrogens (tertiary/aromatic N) is 4. The molecule has 2 saturated heterocycles. The standard InChI is InChI=1S/C41H51BrN8O6S/c1-22(2)32(46-40(53)55-5)38(51)49-18-8-9-30(49)37-45-34(35(42)48-37)27-16-12-25(13-17-27)24-10-14-26(15-11-24)29-20-43-36(44-29)31-19-28(57-7)21-50(31)39(52)33(23(3)4)47-41(54)56-6/h10-17,20,22-23,28,30-33H,8-9,18-19,21H2,1-7H3,(H,43,44)(H,45,48)(H,46,53)(H,47,54)/t28-,30-,31-,32-,33-/m0/s1. The van der Waals surface area contributed by atoms with Crippen LogP contribution >= 0.6 is 27.7 Å². The van der Waals surface area contributed by atoms with Crippen LogP contribution in [0, 0.1) is 11.8 Å². The first-order chi connectivity index (χ1) is 27.3. The van der Waals surface area contributed by atoms with E-state index in [1.54, 1.807) is 16.7 Å². The van der Waals surface area contributed by atoms with Crippen LogP contribution in [0.15, 0.2) is 59.3 Å². The SMILES string of the molecule is COC(=O)N[C@H](C(=O)N1C[C@@H](SC)C[C@H]1c1nc(-c2ccc(-c3ccc(-c4nc([C@@H]5CCCN5C(=O)[C@@H](NC(=O)OC)C(C)C)[nH]c4Br)cc3)cc2)c[nH]1)C(C)C. The molecule has 0 spiro atoms. The molecule has 4 N–H and O–H groups in total. The van der Waals surface area contributed by atoms with Gasteiger partial charge in [-0.05, 0) is 64.4 Å². The van der Waals surface area contributed by atoms with Crippen LogP contribution in [0.25, 0.3) is 33.6 Å². The molecule has 2 aromatic heterocycles. The number of aromatic amines is 2. The Balaban J connectivity index is 1.14. The van der Waals surface area contributed by atoms with E-state index in [2.05, 4.69) is 60.8 Å². The van der Waals surface area contributed by atoms with Crippen LogP contribution in [0.4, 0.5) is 9.59 Å². The van der Waals surface area contributed by atoms with Crippen molar-refractivity contribution < 1.29 is 28.7 Å². The fraction of sp³-hybridized carbons (Fsp3) is 0.463. The summed E-state index contributed by atoms with van der Waals surface area (Å²) in [5, 5.41) is 5.66. The minimum absolute atomic E-state index is 0.118. The van der Waals surface area contributed by atoms with E-state index in [1.807, 2.05) is 69.3 Å². The van der Waals surface area contributed by atoms with Crippen molar-refractivity contribution in [2.45, 2.75) is 76.4 Å². The molecule has 57 heavy (non-hydrogen) atoms. The van der Waals surface area contributed by atoms with Crippen LogP contribution in [0.1, 0.15) is 70.7 Å². The topological polar surface area (TPSA) is 175 Å². The van der Waals surface area contributed by atoms with Crippen molar-refractivity contribution in [3.05, 3.63) is 71.0 Å². The molecule has 0 radical (unpaired) electrons. The number of carbonyl (C=O) groups excluding carboxylic acids is 4. The number of H-pyrrole nitrogens is 2. The summed E-state index contributed by atoms with van der Waals surface area (Å²) in [6, 6.07) is 14.5. The normalized spacial score (nSPS) is 19.2. The van der Waals surface area contributed by atoms with Crippen LogP contribution in [-0.4, -0.2) is 105 Å². The number of alkyl carbamates (subject to hydrolysis) is 2. The van der Waals surface area contributed by atoms with Gasteiger partial charge in [0.15, 0.2) is 0 Å². The van der Waals surface area contributed by atoms with Crippen LogP contribution in [0.3, 0.4) is 0 Å². The highest BCUT2D eigenvalue weighted by atomic mass is 79.9. The molecule has 2 fully saturated rings. The number of rotatable bonds is 12. The number of ether oxygens (including phenoxy) is 2. The van der Waals surface area contributed by atoms with E-state index >= 15 is 0 Å². The van der Waals surface area contributed by atoms with E-state index in [9.17, 15) is 19.2 Å². The largest absolute Gasteiger partial charge is 0.453 e. The smallest absolute Gasteiger partial charge is 0.407 e. The molecule has 5 atom stereocenters. The predicted molar refractivity (Wildman–Crippen MR) is 223 cm³/mol. The first kappa shape index (κ1) is 41.8. The van der Waals surface area contributed by atoms with Crippen LogP contribution in [0.5, 0.6) is 0 Å². The van der Waals surface area contributed by atoms with Gasteiger partial charge >= 0.3 is 12.2 Å². The molecule has 6 rings (SSSR count). The summed E-state index contributed by atoms with van der Waals surface area (Å²) in [7, 11) is 2.58. The van der Waals surface area contributed by atoms with Crippen molar-refractivity contribution >= 4 is 51.7 Å². The van der Waals surface area contributed by atoms with Gasteiger partial charge in [-0.15, -0.1) is 0 Å². The third-order valence-electron chi connectivity index (χ3n) is 10.8. The second-order valence-electron chi connectivity index (χ2n) is 15.1. The van der Waals surface area contributed by atoms with E-state index in [-0.39, 0.29) is 41.0 Å². The second kappa shape index (κ2) is 18.2. The number of thioether (sulfide) groups is 1. The maximum Gasteiger partial charge on any atom is 0.407 e. The number of benzene rings is 2. The Morgan fingerprint density at radius 1 is 0.789 bits per heavy atom. The van der Waals surface area contributed by atoms with Gasteiger partial charge in [-0.25, -0.2) is 19.6 Å². The minimum atomic E-state index is -0.711. The van der Waals surface area contributed by atoms with Gasteiger partial charge in [0, 0.05) is 35.7 Å². The van der Waals surface area contributed by atoms with E-state index < -0.39 is 24.3 Å². The van der Waals surface area contributed by atoms with Gasteiger partial charge in [0.2, 0.25) is 11.8 Å². The van der Waals surface area contributed by atoms with Gasteiger partial charge in [0.25, 0.3) is 0 Å². The highest BCUT2D eigenvalue weighted by molar-refractivity contribution is 9.10. The number of hydrogen-bond donors (Lipinski definition) is 4. The Labute approximate surface area is 345 Å². The second-order valence-corrected chi connectivity index (χ2v) is 17.0. The minimum Gasteiger partial charge on any atom is -0.453 e. The average molecular weight is 864 g/mol. The maximum absolute atomic E-state index is 13.8. The van der Waals surface area contributed by atoms with Gasteiger partial charge in [0.1, 0.15) is 34.0 Å². The Morgan fingerprint density at radius 2 is 1.33 bits per heavy atom. The molecule has 0 unspecified atom stereocenters. The first-order valence-corrected chi connectivity index (χ1v) is 21.3. The zero-order valence-corrected chi connectivity index (χ0v) is 35.7. The zero-order valence-electron chi connectivity index (χ0n) is 33.3. The van der Waals surface area contributed by atoms with Crippen molar-refractivity contribution in [1.29, 1.82) is 0 Å². The molecular formula is C41H51BrN8O6S. The fourth-order valence-electron chi connectivity index (χ4n) is 7.57. The number of imidazole rings is 2. The monoisotopic (exact) mass is 862 g/mol. The summed E-state index contributed by atoms with van der Waals surface area (Å²) in [6.45, 7) is 8.74. The highest BCUT2D eigenvalue weighted by Gasteiger charge is 2.42. The van der Waals surface area contributed by atoms with Gasteiger partial charge in [-0.3, -0.25) is 9.59 Å². The quantitative estimate of drug-likeness (QED) is 0.114. The number of carbonyl (C=O) groups is 4. The van der Waals surface area contributed by atoms with Gasteiger partial charge in [-0.2, -0.15) is 11.8 Å². The summed E-state index contributed by atoms with van der Waals surface area (Å²) in [6.07, 6.45) is 5.00. The molecule has 2 aromatic carbocycles. The summed E-state index contributed by atoms with van der Waals surface area (Å²) in [5.74, 6) is 0.859. The third-order valence-corrected chi connectivity index (χ3v) is 12.4. The molecule has 0 saturated carbocycles. The fourth-order valence-corrected chi connectivity index (χ4v) is 8.77. The zero-order chi connectivity index (χ0) is 41.0. The van der Waals surface area contributed by atoms with Crippen molar-refractivity contribution in [2.24, 2.45) is 11.8 Å². The number of hydrogen-bond acceptors (Lipinski definition) is 9. The Bertz CT molecular complexity index is 2050. The Kier molecular flexibility index (Phi) is 13.3. The molecule has 2 aliphatic rings. The van der Waals surface area contributed by atoms with E-state index in [1.165, 1.54) is 14.2 Å². The molecule has 14 nitrogen and oxygen atoms in total. The van der Waals surface area contributed by atoms with E-state index in [4.69, 9.17) is 19.4 Å². The molecule has 0 aliphatic carbocycles. The number of amides is 4. The van der Waals surface area contributed by atoms with Crippen molar-refractivity contribution in [1.82, 2.24) is 40.4 Å². The Morgan fingerprint density at radius 3 is 1.88 bits per heavy atom. The lowest BCUT2D eigenvalue weighted by Gasteiger charge is -2.30. The van der Waals surface area contributed by atoms with Gasteiger partial charge in [0.05, 0.1) is 32.0 Å². The molecule has 4 amide bonds. The molecule has 4 aromatic rings. The summed E-state index contributed by atoms with van der Waals surface area (Å²) >= 11 is 5.39. The molecule has 4 heterocycles. The summed E-state index contributed by atoms with van der Waals surface area (Å²) in [4.78, 5) is 71.7. The number of methoxy groups -OCH3 is 2. The summed E-state index contributed by atoms with van der Waals surface area (Å²) < 4.78 is 10.3. The van der Waals surface area contributed by atoms with Crippen LogP contribution < -0.4 is 10.6 Å². The van der Waals surface area contributed by atoms with Crippen molar-refractivity contribution in [3.63, 3.8) is 0 Å². The first-order valence-electron chi connectivity index (χ1n) is 19.2. The molecule has 304 valence electrons. The third kappa shape index (κ3) is 9.17. The number of halogens is 1. The number of nitrogens with one attached hydrogen (secondary N) is 4. The maximum atomic E-state index is 13.8. The molecule has 0 bridgehead atoms. The van der Waals surface area contributed by atoms with Gasteiger partial charge < -0.3 is 39.9 Å². The number of likely N-dealkylation sites (tertiary alicyclic amines) is 2. The van der Waals surface area contributed by atoms with Crippen molar-refractivity contribution in [3.8, 4) is 33.6 Å². The van der Waals surface area contributed by atoms with E-state index in [0.717, 1.165) is 57.5 Å². The summed E-state index contributed by atoms with van der Waals surface area (Å²) in [5.41, 5.74) is 5.46. The average Bonchev–Trinajstić information content (AvgIpc) is 4.04. The number of aromatic nitrogens is 4. The van der Waals surface area contributed by atoms with Crippen LogP contribution in [-0.2, 0) is 19.1 Å². The molecule has 2 aliphatic heterocycles. The lowest BCUT2D eigenvalue weighted by atomic mass is 10.0. The van der Waals surface area contributed by atoms with E-state index in [0.29, 0.717) is 24.7 Å². The Hall–Kier alpha value is -4.83. The van der Waals surface area contributed by atoms with Gasteiger partial charge in [-0.1, -0.05) is 76.2 Å². The predicted octanol–water partition coefficient (Wildman–Crippen LogP) is 7.33. The molecular weight excluding hydrogens is 812 g/mol.